The molecule has 1 saturated carbocycles. The van der Waals surface area contributed by atoms with E-state index in [4.69, 9.17) is 0 Å². The monoisotopic (exact) mass is 328 g/mol. The summed E-state index contributed by atoms with van der Waals surface area (Å²) in [4.78, 5) is 23.8. The minimum atomic E-state index is -0.594. The summed E-state index contributed by atoms with van der Waals surface area (Å²) < 4.78 is 15.3. The summed E-state index contributed by atoms with van der Waals surface area (Å²) in [6, 6.07) is 3.98. The van der Waals surface area contributed by atoms with E-state index in [2.05, 4.69) is 22.3 Å². The van der Waals surface area contributed by atoms with Crippen molar-refractivity contribution in [1.29, 1.82) is 0 Å². The molecule has 124 valence electrons. The number of anilines is 2. The van der Waals surface area contributed by atoms with Crippen LogP contribution in [-0.4, -0.2) is 21.6 Å². The summed E-state index contributed by atoms with van der Waals surface area (Å²) >= 11 is 0. The molecule has 1 aliphatic rings. The quantitative estimate of drug-likeness (QED) is 0.829. The molecule has 0 saturated heterocycles. The van der Waals surface area contributed by atoms with Crippen molar-refractivity contribution >= 4 is 23.2 Å². The fraction of sp³-hybridized carbons (Fsp3) is 0.235. The highest BCUT2D eigenvalue weighted by molar-refractivity contribution is 6.05. The molecule has 1 aromatic carbocycles. The first-order valence-electron chi connectivity index (χ1n) is 7.56. The van der Waals surface area contributed by atoms with Gasteiger partial charge in [0, 0.05) is 24.8 Å². The average molecular weight is 328 g/mol. The molecule has 0 unspecified atom stereocenters. The maximum atomic E-state index is 13.7. The Morgan fingerprint density at radius 1 is 1.38 bits per heavy atom. The van der Waals surface area contributed by atoms with Crippen molar-refractivity contribution in [3.05, 3.63) is 54.1 Å². The Hall–Kier alpha value is -2.96. The Bertz CT molecular complexity index is 824. The Morgan fingerprint density at radius 3 is 2.79 bits per heavy atom. The normalized spacial score (nSPS) is 13.4. The minimum Gasteiger partial charge on any atom is -0.322 e. The maximum absolute atomic E-state index is 13.7. The second-order valence-corrected chi connectivity index (χ2v) is 5.72. The van der Waals surface area contributed by atoms with Crippen molar-refractivity contribution in [2.45, 2.75) is 18.8 Å². The lowest BCUT2D eigenvalue weighted by Crippen LogP contribution is -2.14. The summed E-state index contributed by atoms with van der Waals surface area (Å²) in [7, 11) is 1.77. The lowest BCUT2D eigenvalue weighted by molar-refractivity contribution is -0.111. The number of rotatable bonds is 5. The number of aromatic nitrogens is 2. The molecule has 0 atom stereocenters. The van der Waals surface area contributed by atoms with Crippen LogP contribution in [0.15, 0.2) is 37.1 Å². The second-order valence-electron chi connectivity index (χ2n) is 5.72. The number of carbonyl (C=O) groups is 2. The summed E-state index contributed by atoms with van der Waals surface area (Å²) in [5.74, 6) is -1.09. The number of carbonyl (C=O) groups excluding carboxylic acids is 2. The highest BCUT2D eigenvalue weighted by Crippen LogP contribution is 2.40. The van der Waals surface area contributed by atoms with Crippen LogP contribution >= 0.6 is 0 Å². The van der Waals surface area contributed by atoms with E-state index >= 15 is 0 Å². The van der Waals surface area contributed by atoms with Crippen molar-refractivity contribution in [2.24, 2.45) is 7.05 Å². The van der Waals surface area contributed by atoms with Gasteiger partial charge < -0.3 is 10.6 Å². The van der Waals surface area contributed by atoms with Crippen LogP contribution < -0.4 is 10.6 Å². The lowest BCUT2D eigenvalue weighted by atomic mass is 10.1. The molecule has 1 heterocycles. The van der Waals surface area contributed by atoms with Crippen LogP contribution in [0.3, 0.4) is 0 Å². The molecule has 6 nitrogen and oxygen atoms in total. The highest BCUT2D eigenvalue weighted by Gasteiger charge is 2.31. The van der Waals surface area contributed by atoms with Gasteiger partial charge in [-0.15, -0.1) is 0 Å². The van der Waals surface area contributed by atoms with Crippen LogP contribution in [0.4, 0.5) is 15.8 Å². The molecule has 0 spiro atoms. The first-order valence-corrected chi connectivity index (χ1v) is 7.56. The van der Waals surface area contributed by atoms with E-state index in [9.17, 15) is 14.0 Å². The number of aryl methyl sites for hydroxylation is 1. The molecular formula is C17H17FN4O2. The van der Waals surface area contributed by atoms with Gasteiger partial charge in [-0.3, -0.25) is 14.3 Å². The number of amides is 2. The number of benzene rings is 1. The molecular weight excluding hydrogens is 311 g/mol. The van der Waals surface area contributed by atoms with Crippen molar-refractivity contribution in [1.82, 2.24) is 9.78 Å². The van der Waals surface area contributed by atoms with E-state index < -0.39 is 11.7 Å². The molecule has 0 radical (unpaired) electrons. The van der Waals surface area contributed by atoms with Crippen LogP contribution in [0.2, 0.25) is 0 Å². The molecule has 0 bridgehead atoms. The number of hydrogen-bond acceptors (Lipinski definition) is 3. The van der Waals surface area contributed by atoms with E-state index in [1.54, 1.807) is 17.9 Å². The van der Waals surface area contributed by atoms with Crippen LogP contribution in [0.5, 0.6) is 0 Å². The van der Waals surface area contributed by atoms with E-state index in [1.807, 2.05) is 0 Å². The Balaban J connectivity index is 1.80. The highest BCUT2D eigenvalue weighted by atomic mass is 19.1. The van der Waals surface area contributed by atoms with Crippen molar-refractivity contribution in [3.8, 4) is 0 Å². The first-order chi connectivity index (χ1) is 11.5. The summed E-state index contributed by atoms with van der Waals surface area (Å²) in [6.07, 6.45) is 4.78. The molecule has 24 heavy (non-hydrogen) atoms. The Kier molecular flexibility index (Phi) is 4.16. The zero-order chi connectivity index (χ0) is 17.3. The molecule has 2 N–H and O–H groups in total. The summed E-state index contributed by atoms with van der Waals surface area (Å²) in [6.45, 7) is 3.32. The fourth-order valence-corrected chi connectivity index (χ4v) is 2.42. The van der Waals surface area contributed by atoms with Gasteiger partial charge in [-0.05, 0) is 37.1 Å². The maximum Gasteiger partial charge on any atom is 0.259 e. The third-order valence-corrected chi connectivity index (χ3v) is 3.73. The molecule has 1 aromatic heterocycles. The third kappa shape index (κ3) is 3.34. The summed E-state index contributed by atoms with van der Waals surface area (Å²) in [5.41, 5.74) is 1.66. The molecule has 2 amide bonds. The molecule has 1 fully saturated rings. The molecule has 3 rings (SSSR count). The predicted octanol–water partition coefficient (Wildman–Crippen LogP) is 2.81. The Labute approximate surface area is 138 Å². The molecule has 1 aliphatic carbocycles. The van der Waals surface area contributed by atoms with E-state index in [0.717, 1.165) is 24.6 Å². The molecule has 2 aromatic rings. The largest absolute Gasteiger partial charge is 0.322 e. The predicted molar refractivity (Wildman–Crippen MR) is 88.4 cm³/mol. The third-order valence-electron chi connectivity index (χ3n) is 3.73. The van der Waals surface area contributed by atoms with Gasteiger partial charge in [0.2, 0.25) is 5.91 Å². The van der Waals surface area contributed by atoms with E-state index in [1.165, 1.54) is 18.2 Å². The molecule has 0 aliphatic heterocycles. The van der Waals surface area contributed by atoms with Crippen LogP contribution in [-0.2, 0) is 11.8 Å². The first kappa shape index (κ1) is 15.9. The van der Waals surface area contributed by atoms with Crippen molar-refractivity contribution in [3.63, 3.8) is 0 Å². The van der Waals surface area contributed by atoms with Gasteiger partial charge in [-0.2, -0.15) is 5.10 Å². The van der Waals surface area contributed by atoms with Crippen LogP contribution in [0.1, 0.15) is 34.8 Å². The van der Waals surface area contributed by atoms with Gasteiger partial charge in [0.1, 0.15) is 5.82 Å². The fourth-order valence-electron chi connectivity index (χ4n) is 2.42. The molecule has 7 heteroatoms. The van der Waals surface area contributed by atoms with Gasteiger partial charge in [0.25, 0.3) is 5.91 Å². The van der Waals surface area contributed by atoms with Crippen molar-refractivity contribution in [2.75, 3.05) is 10.6 Å². The number of halogens is 1. The van der Waals surface area contributed by atoms with E-state index in [-0.39, 0.29) is 11.6 Å². The smallest absolute Gasteiger partial charge is 0.259 e. The average Bonchev–Trinajstić information content (AvgIpc) is 3.32. The van der Waals surface area contributed by atoms with Gasteiger partial charge in [-0.1, -0.05) is 6.58 Å². The van der Waals surface area contributed by atoms with Gasteiger partial charge in [-0.25, -0.2) is 4.39 Å². The number of hydrogen-bond donors (Lipinski definition) is 2. The minimum absolute atomic E-state index is 0.0219. The van der Waals surface area contributed by atoms with Gasteiger partial charge in [0.15, 0.2) is 0 Å². The standard InChI is InChI=1S/C17H17FN4O2/c1-3-15(23)20-14-8-11(6-7-13(14)18)19-17(24)12-9-22(2)21-16(12)10-4-5-10/h3,6-10H,1,4-5H2,2H3,(H,19,24)(H,20,23). The zero-order valence-corrected chi connectivity index (χ0v) is 13.2. The summed E-state index contributed by atoms with van der Waals surface area (Å²) in [5, 5.41) is 9.42. The van der Waals surface area contributed by atoms with E-state index in [0.29, 0.717) is 17.2 Å². The Morgan fingerprint density at radius 2 is 2.12 bits per heavy atom. The van der Waals surface area contributed by atoms with Crippen LogP contribution in [0, 0.1) is 5.82 Å². The number of nitrogens with one attached hydrogen (secondary N) is 2. The topological polar surface area (TPSA) is 76.0 Å². The zero-order valence-electron chi connectivity index (χ0n) is 13.2. The van der Waals surface area contributed by atoms with Gasteiger partial charge >= 0.3 is 0 Å². The SMILES string of the molecule is C=CC(=O)Nc1cc(NC(=O)c2cn(C)nc2C2CC2)ccc1F. The number of nitrogens with zero attached hydrogens (tertiary/aromatic N) is 2. The van der Waals surface area contributed by atoms with Crippen LogP contribution in [0.25, 0.3) is 0 Å². The van der Waals surface area contributed by atoms with Crippen molar-refractivity contribution < 1.29 is 14.0 Å². The second kappa shape index (κ2) is 6.27. The van der Waals surface area contributed by atoms with Gasteiger partial charge in [0.05, 0.1) is 16.9 Å². The lowest BCUT2D eigenvalue weighted by Gasteiger charge is -2.09.